The average molecular weight is 340 g/mol. The van der Waals surface area contributed by atoms with E-state index in [2.05, 4.69) is 19.9 Å². The monoisotopic (exact) mass is 340 g/mol. The van der Waals surface area contributed by atoms with E-state index in [0.29, 0.717) is 5.69 Å². The van der Waals surface area contributed by atoms with Crippen LogP contribution in [0.15, 0.2) is 60.7 Å². The van der Waals surface area contributed by atoms with Crippen LogP contribution in [0.5, 0.6) is 0 Å². The molecule has 2 heterocycles. The Labute approximate surface area is 148 Å². The van der Waals surface area contributed by atoms with Gasteiger partial charge in [-0.05, 0) is 48.5 Å². The summed E-state index contributed by atoms with van der Waals surface area (Å²) in [6, 6.07) is 19.3. The van der Waals surface area contributed by atoms with Gasteiger partial charge in [-0.15, -0.1) is 0 Å². The van der Waals surface area contributed by atoms with Crippen molar-refractivity contribution in [1.29, 1.82) is 0 Å². The Balaban J connectivity index is 1.61. The SMILES string of the molecule is Nc1ccc(-c2nc3cc4nc(-c5cccc(N)c5)[nH]c4cc3[nH]2)cc1. The number of nitrogens with zero attached hydrogens (tertiary/aromatic N) is 2. The fourth-order valence-electron chi connectivity index (χ4n) is 3.11. The summed E-state index contributed by atoms with van der Waals surface area (Å²) in [5.74, 6) is 1.60. The molecule has 0 aliphatic rings. The van der Waals surface area contributed by atoms with Crippen LogP contribution in [0.1, 0.15) is 0 Å². The Morgan fingerprint density at radius 1 is 0.615 bits per heavy atom. The molecule has 0 bridgehead atoms. The summed E-state index contributed by atoms with van der Waals surface area (Å²) < 4.78 is 0. The number of hydrogen-bond acceptors (Lipinski definition) is 4. The highest BCUT2D eigenvalue weighted by Gasteiger charge is 2.10. The molecule has 2 aromatic heterocycles. The first-order chi connectivity index (χ1) is 12.7. The maximum atomic E-state index is 5.87. The molecule has 3 aromatic carbocycles. The number of benzene rings is 3. The maximum absolute atomic E-state index is 5.87. The summed E-state index contributed by atoms with van der Waals surface area (Å²) in [5.41, 5.74) is 18.7. The lowest BCUT2D eigenvalue weighted by Gasteiger charge is -1.97. The topological polar surface area (TPSA) is 109 Å². The molecule has 126 valence electrons. The fraction of sp³-hybridized carbons (Fsp3) is 0. The van der Waals surface area contributed by atoms with E-state index in [0.717, 1.165) is 50.5 Å². The predicted molar refractivity (Wildman–Crippen MR) is 105 cm³/mol. The number of imidazole rings is 2. The molecule has 0 unspecified atom stereocenters. The molecule has 6 N–H and O–H groups in total. The molecule has 0 saturated heterocycles. The standard InChI is InChI=1S/C20H16N6/c21-13-6-4-11(5-7-13)19-23-15-9-17-18(10-16(15)24-19)26-20(25-17)12-2-1-3-14(22)8-12/h1-10H,21-22H2,(H,23,24)(H,25,26). The molecular weight excluding hydrogens is 324 g/mol. The van der Waals surface area contributed by atoms with Crippen molar-refractivity contribution in [3.63, 3.8) is 0 Å². The van der Waals surface area contributed by atoms with Gasteiger partial charge in [-0.2, -0.15) is 0 Å². The van der Waals surface area contributed by atoms with Gasteiger partial charge in [0.15, 0.2) is 0 Å². The van der Waals surface area contributed by atoms with Gasteiger partial charge in [0.05, 0.1) is 22.1 Å². The van der Waals surface area contributed by atoms with Crippen molar-refractivity contribution < 1.29 is 0 Å². The molecule has 0 fully saturated rings. The number of aromatic amines is 2. The Morgan fingerprint density at radius 3 is 1.92 bits per heavy atom. The number of anilines is 2. The highest BCUT2D eigenvalue weighted by atomic mass is 14.9. The lowest BCUT2D eigenvalue weighted by Crippen LogP contribution is -1.86. The summed E-state index contributed by atoms with van der Waals surface area (Å²) in [5, 5.41) is 0. The van der Waals surface area contributed by atoms with Crippen LogP contribution < -0.4 is 11.5 Å². The zero-order chi connectivity index (χ0) is 17.7. The Morgan fingerprint density at radius 2 is 1.27 bits per heavy atom. The Bertz CT molecular complexity index is 1200. The van der Waals surface area contributed by atoms with Gasteiger partial charge in [0.25, 0.3) is 0 Å². The lowest BCUT2D eigenvalue weighted by molar-refractivity contribution is 1.33. The van der Waals surface area contributed by atoms with Crippen molar-refractivity contribution in [2.75, 3.05) is 11.5 Å². The summed E-state index contributed by atoms with van der Waals surface area (Å²) in [6.07, 6.45) is 0. The Hall–Kier alpha value is -3.80. The number of nitrogen functional groups attached to an aromatic ring is 2. The van der Waals surface area contributed by atoms with E-state index in [-0.39, 0.29) is 0 Å². The van der Waals surface area contributed by atoms with Crippen molar-refractivity contribution in [3.8, 4) is 22.8 Å². The maximum Gasteiger partial charge on any atom is 0.138 e. The highest BCUT2D eigenvalue weighted by molar-refractivity contribution is 5.94. The van der Waals surface area contributed by atoms with Gasteiger partial charge in [0.2, 0.25) is 0 Å². The number of nitrogens with two attached hydrogens (primary N) is 2. The Kier molecular flexibility index (Phi) is 2.99. The molecular formula is C20H16N6. The molecule has 0 atom stereocenters. The number of nitrogens with one attached hydrogen (secondary N) is 2. The van der Waals surface area contributed by atoms with Crippen molar-refractivity contribution in [3.05, 3.63) is 60.7 Å². The second-order valence-electron chi connectivity index (χ2n) is 6.30. The predicted octanol–water partition coefficient (Wildman–Crippen LogP) is 3.94. The molecule has 5 aromatic rings. The van der Waals surface area contributed by atoms with E-state index in [1.165, 1.54) is 0 Å². The van der Waals surface area contributed by atoms with E-state index in [1.54, 1.807) is 0 Å². The van der Waals surface area contributed by atoms with Crippen LogP contribution in [-0.2, 0) is 0 Å². The summed E-state index contributed by atoms with van der Waals surface area (Å²) in [6.45, 7) is 0. The molecule has 0 aliphatic carbocycles. The van der Waals surface area contributed by atoms with Crippen LogP contribution in [0.25, 0.3) is 44.8 Å². The number of H-pyrrole nitrogens is 2. The number of aromatic nitrogens is 4. The average Bonchev–Trinajstić information content (AvgIpc) is 3.23. The van der Waals surface area contributed by atoms with Crippen molar-refractivity contribution in [2.24, 2.45) is 0 Å². The minimum atomic E-state index is 0.713. The fourth-order valence-corrected chi connectivity index (χ4v) is 3.11. The zero-order valence-electron chi connectivity index (χ0n) is 13.8. The highest BCUT2D eigenvalue weighted by Crippen LogP contribution is 2.27. The van der Waals surface area contributed by atoms with Gasteiger partial charge >= 0.3 is 0 Å². The van der Waals surface area contributed by atoms with Gasteiger partial charge < -0.3 is 21.4 Å². The van der Waals surface area contributed by atoms with Gasteiger partial charge in [0.1, 0.15) is 11.6 Å². The van der Waals surface area contributed by atoms with Gasteiger partial charge in [0, 0.05) is 22.5 Å². The van der Waals surface area contributed by atoms with Crippen LogP contribution in [0.3, 0.4) is 0 Å². The molecule has 0 saturated carbocycles. The molecule has 0 spiro atoms. The molecule has 6 heteroatoms. The minimum Gasteiger partial charge on any atom is -0.399 e. The molecule has 6 nitrogen and oxygen atoms in total. The summed E-state index contributed by atoms with van der Waals surface area (Å²) >= 11 is 0. The third-order valence-corrected chi connectivity index (χ3v) is 4.43. The number of rotatable bonds is 2. The molecule has 0 radical (unpaired) electrons. The van der Waals surface area contributed by atoms with E-state index in [1.807, 2.05) is 60.7 Å². The van der Waals surface area contributed by atoms with Crippen molar-refractivity contribution in [1.82, 2.24) is 19.9 Å². The number of fused-ring (bicyclic) bond motifs is 2. The molecule has 0 amide bonds. The van der Waals surface area contributed by atoms with E-state index >= 15 is 0 Å². The van der Waals surface area contributed by atoms with Gasteiger partial charge in [-0.3, -0.25) is 0 Å². The zero-order valence-corrected chi connectivity index (χ0v) is 13.8. The summed E-state index contributed by atoms with van der Waals surface area (Å²) in [7, 11) is 0. The minimum absolute atomic E-state index is 0.713. The van der Waals surface area contributed by atoms with Crippen LogP contribution >= 0.6 is 0 Å². The quantitative estimate of drug-likeness (QED) is 0.365. The number of hydrogen-bond donors (Lipinski definition) is 4. The first-order valence-corrected chi connectivity index (χ1v) is 8.27. The van der Waals surface area contributed by atoms with Gasteiger partial charge in [-0.1, -0.05) is 12.1 Å². The van der Waals surface area contributed by atoms with Crippen LogP contribution in [-0.4, -0.2) is 19.9 Å². The van der Waals surface area contributed by atoms with E-state index in [9.17, 15) is 0 Å². The first-order valence-electron chi connectivity index (χ1n) is 8.27. The molecule has 5 rings (SSSR count). The molecule has 0 aliphatic heterocycles. The first kappa shape index (κ1) is 14.5. The van der Waals surface area contributed by atoms with Gasteiger partial charge in [-0.25, -0.2) is 9.97 Å². The second kappa shape index (κ2) is 5.35. The molecule has 26 heavy (non-hydrogen) atoms. The van der Waals surface area contributed by atoms with Crippen LogP contribution in [0, 0.1) is 0 Å². The third-order valence-electron chi connectivity index (χ3n) is 4.43. The lowest BCUT2D eigenvalue weighted by atomic mass is 10.2. The van der Waals surface area contributed by atoms with Crippen LogP contribution in [0.4, 0.5) is 11.4 Å². The van der Waals surface area contributed by atoms with Crippen molar-refractivity contribution >= 4 is 33.4 Å². The van der Waals surface area contributed by atoms with Crippen molar-refractivity contribution in [2.45, 2.75) is 0 Å². The smallest absolute Gasteiger partial charge is 0.138 e. The third kappa shape index (κ3) is 2.36. The normalized spacial score (nSPS) is 11.4. The second-order valence-corrected chi connectivity index (χ2v) is 6.30. The van der Waals surface area contributed by atoms with E-state index < -0.39 is 0 Å². The summed E-state index contributed by atoms with van der Waals surface area (Å²) in [4.78, 5) is 16.1. The van der Waals surface area contributed by atoms with E-state index in [4.69, 9.17) is 11.5 Å². The largest absolute Gasteiger partial charge is 0.399 e. The van der Waals surface area contributed by atoms with Crippen LogP contribution in [0.2, 0.25) is 0 Å².